The van der Waals surface area contributed by atoms with Gasteiger partial charge in [-0.3, -0.25) is 24.1 Å². The Balaban J connectivity index is 1.42. The van der Waals surface area contributed by atoms with Gasteiger partial charge >= 0.3 is 5.97 Å². The Morgan fingerprint density at radius 1 is 0.925 bits per heavy atom. The number of carboxylic acid groups (broad SMARTS) is 1. The maximum Gasteiger partial charge on any atom is 0.326 e. The molecule has 53 heavy (non-hydrogen) atoms. The highest BCUT2D eigenvalue weighted by Gasteiger charge is 2.49. The number of amides is 4. The van der Waals surface area contributed by atoms with Gasteiger partial charge in [-0.15, -0.1) is 0 Å². The van der Waals surface area contributed by atoms with E-state index in [2.05, 4.69) is 10.6 Å². The first kappa shape index (κ1) is 38.9. The SMILES string of the molecule is COc1ccc(CC2C(=O)N(c3ccc(CC(NC(=O)C4(CCNC(C)=O)CCCC4)C(=O)O)cc3)C(c3ccccc3)N2C(=O)CCC(O)O)cc1. The first-order valence-electron chi connectivity index (χ1n) is 18.0. The smallest absolute Gasteiger partial charge is 0.326 e. The van der Waals surface area contributed by atoms with Crippen LogP contribution in [-0.4, -0.2) is 81.8 Å². The number of aliphatic hydroxyl groups excluding tert-OH is 1. The van der Waals surface area contributed by atoms with E-state index in [9.17, 15) is 39.3 Å². The molecule has 5 rings (SSSR count). The fourth-order valence-electron chi connectivity index (χ4n) is 7.42. The van der Waals surface area contributed by atoms with Gasteiger partial charge in [-0.25, -0.2) is 4.79 Å². The molecule has 13 heteroatoms. The predicted molar refractivity (Wildman–Crippen MR) is 195 cm³/mol. The molecule has 13 nitrogen and oxygen atoms in total. The molecule has 5 N–H and O–H groups in total. The molecule has 0 aromatic heterocycles. The van der Waals surface area contributed by atoms with Crippen LogP contribution < -0.4 is 20.3 Å². The van der Waals surface area contributed by atoms with E-state index in [1.807, 2.05) is 42.5 Å². The van der Waals surface area contributed by atoms with Gasteiger partial charge in [-0.05, 0) is 60.2 Å². The molecule has 3 atom stereocenters. The van der Waals surface area contributed by atoms with Crippen LogP contribution in [0.1, 0.15) is 74.7 Å². The molecule has 1 aliphatic heterocycles. The van der Waals surface area contributed by atoms with Crippen molar-refractivity contribution < 1.29 is 44.0 Å². The molecule has 1 saturated heterocycles. The zero-order valence-corrected chi connectivity index (χ0v) is 30.1. The number of nitrogens with zero attached hydrogens (tertiary/aromatic N) is 2. The highest BCUT2D eigenvalue weighted by molar-refractivity contribution is 6.03. The fourth-order valence-corrected chi connectivity index (χ4v) is 7.42. The summed E-state index contributed by atoms with van der Waals surface area (Å²) in [6.45, 7) is 1.74. The quantitative estimate of drug-likeness (QED) is 0.138. The van der Waals surface area contributed by atoms with E-state index >= 15 is 0 Å². The molecule has 282 valence electrons. The summed E-state index contributed by atoms with van der Waals surface area (Å²) < 4.78 is 5.29. The van der Waals surface area contributed by atoms with Crippen molar-refractivity contribution in [1.82, 2.24) is 15.5 Å². The van der Waals surface area contributed by atoms with Crippen molar-refractivity contribution in [3.63, 3.8) is 0 Å². The van der Waals surface area contributed by atoms with Crippen LogP contribution in [0.4, 0.5) is 5.69 Å². The van der Waals surface area contributed by atoms with E-state index in [0.717, 1.165) is 18.4 Å². The van der Waals surface area contributed by atoms with E-state index in [4.69, 9.17) is 4.74 Å². The Labute approximate surface area is 308 Å². The van der Waals surface area contributed by atoms with Gasteiger partial charge in [0, 0.05) is 44.8 Å². The summed E-state index contributed by atoms with van der Waals surface area (Å²) in [6, 6.07) is 21.0. The van der Waals surface area contributed by atoms with Crippen LogP contribution in [-0.2, 0) is 36.8 Å². The number of methoxy groups -OCH3 is 1. The zero-order valence-electron chi connectivity index (χ0n) is 30.1. The van der Waals surface area contributed by atoms with Crippen molar-refractivity contribution >= 4 is 35.3 Å². The molecule has 0 radical (unpaired) electrons. The Morgan fingerprint density at radius 3 is 2.15 bits per heavy atom. The number of ether oxygens (including phenoxy) is 1. The second kappa shape index (κ2) is 17.5. The lowest BCUT2D eigenvalue weighted by molar-refractivity contribution is -0.144. The molecule has 1 aliphatic carbocycles. The Morgan fingerprint density at radius 2 is 1.57 bits per heavy atom. The van der Waals surface area contributed by atoms with Gasteiger partial charge in [-0.1, -0.05) is 67.4 Å². The van der Waals surface area contributed by atoms with Crippen LogP contribution in [0.25, 0.3) is 0 Å². The van der Waals surface area contributed by atoms with E-state index in [1.165, 1.54) is 11.8 Å². The van der Waals surface area contributed by atoms with E-state index < -0.39 is 41.8 Å². The molecule has 3 aromatic carbocycles. The largest absolute Gasteiger partial charge is 0.497 e. The summed E-state index contributed by atoms with van der Waals surface area (Å²) in [5.41, 5.74) is 1.81. The third-order valence-corrected chi connectivity index (χ3v) is 10.2. The molecule has 1 heterocycles. The number of hydrogen-bond acceptors (Lipinski definition) is 8. The minimum atomic E-state index is -1.69. The van der Waals surface area contributed by atoms with Crippen molar-refractivity contribution in [3.05, 3.63) is 95.6 Å². The number of carbonyl (C=O) groups excluding carboxylic acids is 4. The van der Waals surface area contributed by atoms with Crippen molar-refractivity contribution in [2.24, 2.45) is 5.41 Å². The van der Waals surface area contributed by atoms with E-state index in [1.54, 1.807) is 48.4 Å². The molecular weight excluding hydrogens is 680 g/mol. The lowest BCUT2D eigenvalue weighted by Crippen LogP contribution is -2.49. The summed E-state index contributed by atoms with van der Waals surface area (Å²) in [4.78, 5) is 68.8. The summed E-state index contributed by atoms with van der Waals surface area (Å²) in [7, 11) is 1.56. The van der Waals surface area contributed by atoms with Gasteiger partial charge < -0.3 is 35.6 Å². The monoisotopic (exact) mass is 728 g/mol. The molecule has 3 aromatic rings. The summed E-state index contributed by atoms with van der Waals surface area (Å²) in [5, 5.41) is 34.8. The summed E-state index contributed by atoms with van der Waals surface area (Å²) in [5.74, 6) is -1.82. The van der Waals surface area contributed by atoms with Gasteiger partial charge in [0.1, 0.15) is 24.0 Å². The van der Waals surface area contributed by atoms with Gasteiger partial charge in [0.25, 0.3) is 5.91 Å². The van der Waals surface area contributed by atoms with Crippen LogP contribution >= 0.6 is 0 Å². The number of benzene rings is 3. The molecule has 2 aliphatic rings. The maximum absolute atomic E-state index is 14.5. The number of anilines is 1. The van der Waals surface area contributed by atoms with Crippen LogP contribution in [0.2, 0.25) is 0 Å². The lowest BCUT2D eigenvalue weighted by atomic mass is 9.81. The van der Waals surface area contributed by atoms with Crippen molar-refractivity contribution in [1.29, 1.82) is 0 Å². The number of carboxylic acids is 1. The van der Waals surface area contributed by atoms with Crippen LogP contribution in [0, 0.1) is 5.41 Å². The minimum Gasteiger partial charge on any atom is -0.497 e. The molecule has 0 bridgehead atoms. The third-order valence-electron chi connectivity index (χ3n) is 10.2. The molecular formula is C40H48N4O9. The van der Waals surface area contributed by atoms with Crippen LogP contribution in [0.3, 0.4) is 0 Å². The highest BCUT2D eigenvalue weighted by Crippen LogP contribution is 2.42. The third kappa shape index (κ3) is 9.40. The molecule has 4 amide bonds. The normalized spacial score (nSPS) is 18.5. The van der Waals surface area contributed by atoms with E-state index in [0.29, 0.717) is 48.4 Å². The first-order chi connectivity index (χ1) is 25.4. The Kier molecular flexibility index (Phi) is 12.9. The highest BCUT2D eigenvalue weighted by atomic mass is 16.5. The standard InChI is InChI=1S/C40H48N4O9/c1-26(45)41-23-22-40(20-6-7-21-40)39(52)42-32(38(50)51)24-27-10-14-30(15-11-27)43-36(29-8-4-3-5-9-29)44(34(46)18-19-35(47)48)33(37(43)49)25-28-12-16-31(53-2)17-13-28/h3-5,8-17,32-33,35-36,47-48H,6-7,18-25H2,1-2H3,(H,41,45)(H,42,52)(H,50,51). The summed E-state index contributed by atoms with van der Waals surface area (Å²) >= 11 is 0. The molecule has 2 fully saturated rings. The number of rotatable bonds is 16. The summed E-state index contributed by atoms with van der Waals surface area (Å²) in [6.07, 6.45) is 0.591. The van der Waals surface area contributed by atoms with Crippen molar-refractivity contribution in [2.75, 3.05) is 18.6 Å². The molecule has 3 unspecified atom stereocenters. The van der Waals surface area contributed by atoms with Gasteiger partial charge in [0.05, 0.1) is 12.5 Å². The van der Waals surface area contributed by atoms with Crippen molar-refractivity contribution in [3.8, 4) is 5.75 Å². The molecule has 1 saturated carbocycles. The molecule has 0 spiro atoms. The van der Waals surface area contributed by atoms with Crippen molar-refractivity contribution in [2.45, 2.75) is 89.3 Å². The topological polar surface area (TPSA) is 186 Å². The second-order valence-corrected chi connectivity index (χ2v) is 13.8. The number of hydrogen-bond donors (Lipinski definition) is 5. The zero-order chi connectivity index (χ0) is 38.1. The first-order valence-corrected chi connectivity index (χ1v) is 18.0. The average molecular weight is 729 g/mol. The maximum atomic E-state index is 14.5. The van der Waals surface area contributed by atoms with E-state index in [-0.39, 0.29) is 43.4 Å². The average Bonchev–Trinajstić information content (AvgIpc) is 3.74. The van der Waals surface area contributed by atoms with Crippen LogP contribution in [0.15, 0.2) is 78.9 Å². The number of carbonyl (C=O) groups is 5. The fraction of sp³-hybridized carbons (Fsp3) is 0.425. The Bertz CT molecular complexity index is 1740. The number of aliphatic hydroxyl groups is 2. The minimum absolute atomic E-state index is 0.00657. The lowest BCUT2D eigenvalue weighted by Gasteiger charge is -2.32. The predicted octanol–water partition coefficient (Wildman–Crippen LogP) is 3.47. The second-order valence-electron chi connectivity index (χ2n) is 13.8. The van der Waals surface area contributed by atoms with Gasteiger partial charge in [-0.2, -0.15) is 0 Å². The number of aliphatic carboxylic acids is 1. The van der Waals surface area contributed by atoms with Gasteiger partial charge in [0.15, 0.2) is 6.29 Å². The number of nitrogens with one attached hydrogen (secondary N) is 2. The van der Waals surface area contributed by atoms with Crippen LogP contribution in [0.5, 0.6) is 5.75 Å². The van der Waals surface area contributed by atoms with Gasteiger partial charge in [0.2, 0.25) is 17.7 Å². The Hall–Kier alpha value is -5.27.